The van der Waals surface area contributed by atoms with Crippen molar-refractivity contribution in [2.75, 3.05) is 6.61 Å². The molecule has 84 valence electrons. The van der Waals surface area contributed by atoms with Crippen molar-refractivity contribution in [2.24, 2.45) is 0 Å². The summed E-state index contributed by atoms with van der Waals surface area (Å²) < 4.78 is 7.88. The second-order valence-corrected chi connectivity index (χ2v) is 4.74. The second-order valence-electron chi connectivity index (χ2n) is 4.31. The second kappa shape index (κ2) is 4.11. The van der Waals surface area contributed by atoms with Crippen LogP contribution in [0.5, 0.6) is 0 Å². The van der Waals surface area contributed by atoms with Gasteiger partial charge in [-0.15, -0.1) is 0 Å². The average Bonchev–Trinajstić information content (AvgIpc) is 2.90. The standard InChI is InChI=1S/C13H14ClNO/c14-11-4-3-10-5-6-15(13(10)8-11)9-12-2-1-7-16-12/h3-6,8,12H,1-2,7,9H2. The van der Waals surface area contributed by atoms with Crippen LogP contribution in [-0.4, -0.2) is 17.3 Å². The van der Waals surface area contributed by atoms with E-state index in [1.807, 2.05) is 12.1 Å². The molecule has 0 aliphatic carbocycles. The van der Waals surface area contributed by atoms with Gasteiger partial charge in [-0.05, 0) is 36.4 Å². The molecule has 3 heteroatoms. The van der Waals surface area contributed by atoms with E-state index in [1.165, 1.54) is 23.7 Å². The van der Waals surface area contributed by atoms with Crippen molar-refractivity contribution in [2.45, 2.75) is 25.5 Å². The van der Waals surface area contributed by atoms with Gasteiger partial charge >= 0.3 is 0 Å². The van der Waals surface area contributed by atoms with Crippen molar-refractivity contribution < 1.29 is 4.74 Å². The van der Waals surface area contributed by atoms with Gasteiger partial charge in [0.1, 0.15) is 0 Å². The Morgan fingerprint density at radius 2 is 2.31 bits per heavy atom. The maximum atomic E-state index is 6.02. The lowest BCUT2D eigenvalue weighted by molar-refractivity contribution is 0.0980. The molecule has 1 aliphatic heterocycles. The van der Waals surface area contributed by atoms with Crippen LogP contribution < -0.4 is 0 Å². The molecule has 0 bridgehead atoms. The van der Waals surface area contributed by atoms with Crippen molar-refractivity contribution in [3.63, 3.8) is 0 Å². The van der Waals surface area contributed by atoms with E-state index >= 15 is 0 Å². The zero-order valence-corrected chi connectivity index (χ0v) is 9.78. The largest absolute Gasteiger partial charge is 0.376 e. The normalized spacial score (nSPS) is 20.7. The Hall–Kier alpha value is -0.990. The molecular formula is C13H14ClNO. The molecule has 2 aromatic rings. The maximum Gasteiger partial charge on any atom is 0.0754 e. The minimum absolute atomic E-state index is 0.370. The van der Waals surface area contributed by atoms with Gasteiger partial charge in [-0.25, -0.2) is 0 Å². The first kappa shape index (κ1) is 10.2. The predicted octanol–water partition coefficient (Wildman–Crippen LogP) is 3.47. The summed E-state index contributed by atoms with van der Waals surface area (Å²) in [5.41, 5.74) is 1.20. The van der Waals surface area contributed by atoms with Gasteiger partial charge in [0.25, 0.3) is 0 Å². The third kappa shape index (κ3) is 1.83. The number of benzene rings is 1. The molecule has 1 fully saturated rings. The van der Waals surface area contributed by atoms with E-state index in [2.05, 4.69) is 22.9 Å². The number of hydrogen-bond acceptors (Lipinski definition) is 1. The van der Waals surface area contributed by atoms with Gasteiger partial charge in [-0.2, -0.15) is 0 Å². The van der Waals surface area contributed by atoms with E-state index in [-0.39, 0.29) is 0 Å². The fourth-order valence-electron chi connectivity index (χ4n) is 2.32. The van der Waals surface area contributed by atoms with Crippen LogP contribution in [0.1, 0.15) is 12.8 Å². The van der Waals surface area contributed by atoms with E-state index in [9.17, 15) is 0 Å². The number of rotatable bonds is 2. The number of fused-ring (bicyclic) bond motifs is 1. The summed E-state index contributed by atoms with van der Waals surface area (Å²) in [5.74, 6) is 0. The molecule has 1 aliphatic rings. The molecule has 2 nitrogen and oxygen atoms in total. The Bertz CT molecular complexity index is 500. The first-order chi connectivity index (χ1) is 7.83. The summed E-state index contributed by atoms with van der Waals surface area (Å²) in [4.78, 5) is 0. The maximum absolute atomic E-state index is 6.02. The summed E-state index contributed by atoms with van der Waals surface area (Å²) >= 11 is 6.02. The molecule has 1 unspecified atom stereocenters. The van der Waals surface area contributed by atoms with Crippen molar-refractivity contribution >= 4 is 22.5 Å². The van der Waals surface area contributed by atoms with Crippen LogP contribution in [0.2, 0.25) is 5.02 Å². The van der Waals surface area contributed by atoms with Crippen LogP contribution in [0.4, 0.5) is 0 Å². The molecule has 0 spiro atoms. The quantitative estimate of drug-likeness (QED) is 0.778. The van der Waals surface area contributed by atoms with Gasteiger partial charge in [0.05, 0.1) is 6.10 Å². The number of halogens is 1. The van der Waals surface area contributed by atoms with E-state index in [0.29, 0.717) is 6.10 Å². The van der Waals surface area contributed by atoms with Gasteiger partial charge in [0, 0.05) is 29.9 Å². The highest BCUT2D eigenvalue weighted by atomic mass is 35.5. The minimum Gasteiger partial charge on any atom is -0.376 e. The lowest BCUT2D eigenvalue weighted by atomic mass is 10.2. The molecule has 1 saturated heterocycles. The molecule has 3 rings (SSSR count). The van der Waals surface area contributed by atoms with E-state index < -0.39 is 0 Å². The SMILES string of the molecule is Clc1ccc2ccn(CC3CCCO3)c2c1. The lowest BCUT2D eigenvalue weighted by Crippen LogP contribution is -2.13. The summed E-state index contributed by atoms with van der Waals surface area (Å²) in [5, 5.41) is 2.03. The van der Waals surface area contributed by atoms with Crippen molar-refractivity contribution in [3.8, 4) is 0 Å². The molecule has 1 aromatic heterocycles. The molecule has 0 radical (unpaired) electrons. The fraction of sp³-hybridized carbons (Fsp3) is 0.385. The van der Waals surface area contributed by atoms with Crippen LogP contribution in [0.3, 0.4) is 0 Å². The first-order valence-corrected chi connectivity index (χ1v) is 6.07. The van der Waals surface area contributed by atoms with E-state index in [4.69, 9.17) is 16.3 Å². The molecule has 0 amide bonds. The highest BCUT2D eigenvalue weighted by Crippen LogP contribution is 2.22. The summed E-state index contributed by atoms with van der Waals surface area (Å²) in [6.07, 6.45) is 4.84. The Morgan fingerprint density at radius 3 is 3.12 bits per heavy atom. The highest BCUT2D eigenvalue weighted by Gasteiger charge is 2.16. The molecule has 0 saturated carbocycles. The van der Waals surface area contributed by atoms with Crippen LogP contribution in [-0.2, 0) is 11.3 Å². The monoisotopic (exact) mass is 235 g/mol. The molecule has 2 heterocycles. The highest BCUT2D eigenvalue weighted by molar-refractivity contribution is 6.31. The Morgan fingerprint density at radius 1 is 1.38 bits per heavy atom. The summed E-state index contributed by atoms with van der Waals surface area (Å²) in [6.45, 7) is 1.84. The lowest BCUT2D eigenvalue weighted by Gasteiger charge is -2.11. The molecule has 1 atom stereocenters. The van der Waals surface area contributed by atoms with Gasteiger partial charge < -0.3 is 9.30 Å². The zero-order valence-electron chi connectivity index (χ0n) is 9.03. The third-order valence-corrected chi connectivity index (χ3v) is 3.40. The van der Waals surface area contributed by atoms with E-state index in [0.717, 1.165) is 18.2 Å². The first-order valence-electron chi connectivity index (χ1n) is 5.69. The van der Waals surface area contributed by atoms with E-state index in [1.54, 1.807) is 0 Å². The van der Waals surface area contributed by atoms with Gasteiger partial charge in [-0.3, -0.25) is 0 Å². The molecule has 1 aromatic carbocycles. The van der Waals surface area contributed by atoms with Crippen LogP contribution in [0.25, 0.3) is 10.9 Å². The number of hydrogen-bond donors (Lipinski definition) is 0. The Kier molecular flexibility index (Phi) is 2.62. The van der Waals surface area contributed by atoms with Crippen molar-refractivity contribution in [1.29, 1.82) is 0 Å². The van der Waals surface area contributed by atoms with Gasteiger partial charge in [0.2, 0.25) is 0 Å². The Balaban J connectivity index is 1.93. The van der Waals surface area contributed by atoms with Gasteiger partial charge in [-0.1, -0.05) is 17.7 Å². The summed E-state index contributed by atoms with van der Waals surface area (Å²) in [6, 6.07) is 8.14. The van der Waals surface area contributed by atoms with Crippen LogP contribution in [0, 0.1) is 0 Å². The zero-order chi connectivity index (χ0) is 11.0. The summed E-state index contributed by atoms with van der Waals surface area (Å²) in [7, 11) is 0. The molecule has 16 heavy (non-hydrogen) atoms. The molecular weight excluding hydrogens is 222 g/mol. The van der Waals surface area contributed by atoms with Crippen LogP contribution >= 0.6 is 11.6 Å². The molecule has 0 N–H and O–H groups in total. The number of aromatic nitrogens is 1. The smallest absolute Gasteiger partial charge is 0.0754 e. The predicted molar refractivity (Wildman–Crippen MR) is 65.9 cm³/mol. The fourth-order valence-corrected chi connectivity index (χ4v) is 2.49. The van der Waals surface area contributed by atoms with Crippen molar-refractivity contribution in [1.82, 2.24) is 4.57 Å². The number of ether oxygens (including phenoxy) is 1. The van der Waals surface area contributed by atoms with Crippen LogP contribution in [0.15, 0.2) is 30.5 Å². The number of nitrogens with zero attached hydrogens (tertiary/aromatic N) is 1. The average molecular weight is 236 g/mol. The topological polar surface area (TPSA) is 14.2 Å². The van der Waals surface area contributed by atoms with Crippen molar-refractivity contribution in [3.05, 3.63) is 35.5 Å². The Labute approximate surface area is 99.8 Å². The minimum atomic E-state index is 0.370. The van der Waals surface area contributed by atoms with Gasteiger partial charge in [0.15, 0.2) is 0 Å². The third-order valence-electron chi connectivity index (χ3n) is 3.16.